The number of sulfonamides is 1. The molecule has 0 aliphatic carbocycles. The molecule has 136 valence electrons. The van der Waals surface area contributed by atoms with Crippen molar-refractivity contribution in [1.82, 2.24) is 10.2 Å². The number of carbonyl (C=O) groups is 1. The summed E-state index contributed by atoms with van der Waals surface area (Å²) in [5.74, 6) is 0.307. The van der Waals surface area contributed by atoms with Gasteiger partial charge >= 0.3 is 0 Å². The molecular weight excluding hydrogens is 342 g/mol. The van der Waals surface area contributed by atoms with E-state index in [0.717, 1.165) is 12.8 Å². The van der Waals surface area contributed by atoms with E-state index in [4.69, 9.17) is 4.74 Å². The average Bonchev–Trinajstić information content (AvgIpc) is 3.18. The molecule has 2 aliphatic rings. The van der Waals surface area contributed by atoms with Crippen LogP contribution in [-0.2, 0) is 19.6 Å². The van der Waals surface area contributed by atoms with Gasteiger partial charge in [0.1, 0.15) is 10.9 Å². The second-order valence-electron chi connectivity index (χ2n) is 6.08. The predicted octanol–water partition coefficient (Wildman–Crippen LogP) is 1.14. The third-order valence-electron chi connectivity index (χ3n) is 4.41. The van der Waals surface area contributed by atoms with Gasteiger partial charge in [-0.15, -0.1) is 4.40 Å². The zero-order valence-corrected chi connectivity index (χ0v) is 15.1. The highest BCUT2D eigenvalue weighted by molar-refractivity contribution is 7.90. The van der Waals surface area contributed by atoms with Crippen molar-refractivity contribution < 1.29 is 17.9 Å². The van der Waals surface area contributed by atoms with Crippen molar-refractivity contribution in [2.45, 2.75) is 37.1 Å². The highest BCUT2D eigenvalue weighted by Gasteiger charge is 2.38. The van der Waals surface area contributed by atoms with Crippen LogP contribution >= 0.6 is 0 Å². The first-order valence-corrected chi connectivity index (χ1v) is 10.0. The molecule has 0 aromatic heterocycles. The Morgan fingerprint density at radius 1 is 1.40 bits per heavy atom. The van der Waals surface area contributed by atoms with Crippen molar-refractivity contribution >= 4 is 21.8 Å². The molecule has 0 unspecified atom stereocenters. The number of fused-ring (bicyclic) bond motifs is 1. The van der Waals surface area contributed by atoms with Gasteiger partial charge in [0.2, 0.25) is 5.91 Å². The Balaban J connectivity index is 1.71. The van der Waals surface area contributed by atoms with E-state index in [-0.39, 0.29) is 16.8 Å². The quantitative estimate of drug-likeness (QED) is 0.764. The molecule has 7 nitrogen and oxygen atoms in total. The minimum atomic E-state index is -3.67. The monoisotopic (exact) mass is 365 g/mol. The summed E-state index contributed by atoms with van der Waals surface area (Å²) in [6.07, 6.45) is 2.28. The molecule has 1 amide bonds. The molecule has 1 saturated heterocycles. The minimum Gasteiger partial charge on any atom is -0.382 e. The minimum absolute atomic E-state index is 0.0847. The number of likely N-dealkylation sites (tertiary alicyclic amines) is 1. The Morgan fingerprint density at radius 2 is 2.20 bits per heavy atom. The fourth-order valence-electron chi connectivity index (χ4n) is 3.24. The molecule has 1 fully saturated rings. The number of hydrogen-bond donors (Lipinski definition) is 1. The smallest absolute Gasteiger partial charge is 0.285 e. The van der Waals surface area contributed by atoms with Crippen molar-refractivity contribution in [3.63, 3.8) is 0 Å². The maximum Gasteiger partial charge on any atom is 0.285 e. The van der Waals surface area contributed by atoms with Gasteiger partial charge in [-0.05, 0) is 38.3 Å². The van der Waals surface area contributed by atoms with Crippen LogP contribution in [-0.4, -0.2) is 57.4 Å². The molecule has 0 radical (unpaired) electrons. The Hall–Kier alpha value is -1.93. The van der Waals surface area contributed by atoms with Gasteiger partial charge in [0.15, 0.2) is 5.84 Å². The van der Waals surface area contributed by atoms with Crippen LogP contribution in [0.4, 0.5) is 0 Å². The van der Waals surface area contributed by atoms with Crippen LogP contribution in [0.25, 0.3) is 0 Å². The van der Waals surface area contributed by atoms with Gasteiger partial charge < -0.3 is 15.0 Å². The maximum absolute atomic E-state index is 12.5. The maximum atomic E-state index is 12.5. The van der Waals surface area contributed by atoms with Crippen molar-refractivity contribution in [3.05, 3.63) is 29.8 Å². The molecule has 1 atom stereocenters. The summed E-state index contributed by atoms with van der Waals surface area (Å²) in [5.41, 5.74) is 0.582. The largest absolute Gasteiger partial charge is 0.382 e. The first-order valence-electron chi connectivity index (χ1n) is 8.61. The molecule has 0 spiro atoms. The summed E-state index contributed by atoms with van der Waals surface area (Å²) in [6.45, 7) is 4.38. The molecule has 1 aromatic rings. The van der Waals surface area contributed by atoms with Crippen LogP contribution in [0.3, 0.4) is 0 Å². The van der Waals surface area contributed by atoms with Gasteiger partial charge in [0, 0.05) is 31.9 Å². The number of amides is 1. The van der Waals surface area contributed by atoms with Gasteiger partial charge in [0.25, 0.3) is 10.0 Å². The molecule has 2 aliphatic heterocycles. The number of rotatable bonds is 6. The summed E-state index contributed by atoms with van der Waals surface area (Å²) < 4.78 is 33.7. The van der Waals surface area contributed by atoms with Gasteiger partial charge in [-0.25, -0.2) is 0 Å². The highest BCUT2D eigenvalue weighted by Crippen LogP contribution is 2.31. The lowest BCUT2D eigenvalue weighted by Crippen LogP contribution is -2.46. The number of benzene rings is 1. The second kappa shape index (κ2) is 7.53. The van der Waals surface area contributed by atoms with E-state index in [2.05, 4.69) is 9.71 Å². The Morgan fingerprint density at radius 3 is 3.00 bits per heavy atom. The Labute approximate surface area is 148 Å². The third kappa shape index (κ3) is 3.69. The molecule has 3 rings (SSSR count). The fraction of sp³-hybridized carbons (Fsp3) is 0.529. The highest BCUT2D eigenvalue weighted by atomic mass is 32.2. The lowest BCUT2D eigenvalue weighted by Gasteiger charge is -2.25. The summed E-state index contributed by atoms with van der Waals surface area (Å²) in [7, 11) is -3.67. The number of nitrogens with zero attached hydrogens (tertiary/aromatic N) is 2. The number of amidine groups is 1. The van der Waals surface area contributed by atoms with Crippen LogP contribution in [0.1, 0.15) is 31.7 Å². The van der Waals surface area contributed by atoms with Crippen LogP contribution in [0, 0.1) is 0 Å². The zero-order valence-electron chi connectivity index (χ0n) is 14.3. The Kier molecular flexibility index (Phi) is 5.39. The van der Waals surface area contributed by atoms with Gasteiger partial charge in [-0.1, -0.05) is 12.1 Å². The number of carbonyl (C=O) groups excluding carboxylic acids is 1. The Bertz CT molecular complexity index is 776. The molecule has 0 bridgehead atoms. The van der Waals surface area contributed by atoms with E-state index in [1.165, 1.54) is 0 Å². The summed E-state index contributed by atoms with van der Waals surface area (Å²) in [4.78, 5) is 14.6. The normalized spacial score (nSPS) is 21.1. The zero-order chi connectivity index (χ0) is 17.9. The lowest BCUT2D eigenvalue weighted by atomic mass is 10.1. The fourth-order valence-corrected chi connectivity index (χ4v) is 4.45. The van der Waals surface area contributed by atoms with E-state index in [1.807, 2.05) is 11.8 Å². The van der Waals surface area contributed by atoms with Crippen LogP contribution in [0.15, 0.2) is 33.6 Å². The summed E-state index contributed by atoms with van der Waals surface area (Å²) in [6, 6.07) is 6.39. The lowest BCUT2D eigenvalue weighted by molar-refractivity contribution is -0.124. The van der Waals surface area contributed by atoms with Crippen molar-refractivity contribution in [2.75, 3.05) is 26.3 Å². The van der Waals surface area contributed by atoms with Crippen LogP contribution in [0.5, 0.6) is 0 Å². The van der Waals surface area contributed by atoms with Crippen LogP contribution < -0.4 is 5.32 Å². The third-order valence-corrected chi connectivity index (χ3v) is 5.73. The van der Waals surface area contributed by atoms with E-state index < -0.39 is 10.0 Å². The molecular formula is C17H23N3O4S. The molecule has 2 heterocycles. The average molecular weight is 365 g/mol. The van der Waals surface area contributed by atoms with Crippen LogP contribution in [0.2, 0.25) is 0 Å². The molecule has 1 aromatic carbocycles. The van der Waals surface area contributed by atoms with Gasteiger partial charge in [-0.3, -0.25) is 4.79 Å². The van der Waals surface area contributed by atoms with E-state index in [1.54, 1.807) is 24.3 Å². The predicted molar refractivity (Wildman–Crippen MR) is 94.0 cm³/mol. The molecule has 0 saturated carbocycles. The number of ether oxygens (including phenoxy) is 1. The topological polar surface area (TPSA) is 88.1 Å². The first kappa shape index (κ1) is 17.9. The second-order valence-corrected chi connectivity index (χ2v) is 7.65. The summed E-state index contributed by atoms with van der Waals surface area (Å²) >= 11 is 0. The summed E-state index contributed by atoms with van der Waals surface area (Å²) in [5, 5.41) is 2.92. The number of nitrogens with one attached hydrogen (secondary N) is 1. The molecule has 8 heteroatoms. The number of hydrogen-bond acceptors (Lipinski definition) is 5. The van der Waals surface area contributed by atoms with Crippen molar-refractivity contribution in [3.8, 4) is 0 Å². The SMILES string of the molecule is CCOCCCNC(=O)[C@@H]1CCCN1C1=NS(=O)(=O)c2ccccc21. The molecule has 25 heavy (non-hydrogen) atoms. The van der Waals surface area contributed by atoms with Crippen molar-refractivity contribution in [2.24, 2.45) is 4.40 Å². The van der Waals surface area contributed by atoms with E-state index in [0.29, 0.717) is 44.1 Å². The van der Waals surface area contributed by atoms with E-state index >= 15 is 0 Å². The first-order chi connectivity index (χ1) is 12.0. The van der Waals surface area contributed by atoms with E-state index in [9.17, 15) is 13.2 Å². The standard InChI is InChI=1S/C17H23N3O4S/c1-2-24-12-6-10-18-17(21)14-8-5-11-20(14)16-13-7-3-4-9-15(13)25(22,23)19-16/h3-4,7,9,14H,2,5-6,8,10-12H2,1H3,(H,18,21)/t14-/m0/s1. The van der Waals surface area contributed by atoms with Gasteiger partial charge in [-0.2, -0.15) is 8.42 Å². The van der Waals surface area contributed by atoms with Gasteiger partial charge in [0.05, 0.1) is 0 Å². The molecule has 1 N–H and O–H groups in total. The van der Waals surface area contributed by atoms with Crippen molar-refractivity contribution in [1.29, 1.82) is 0 Å².